The first-order chi connectivity index (χ1) is 13.6. The number of aryl methyl sites for hydroxylation is 1. The summed E-state index contributed by atoms with van der Waals surface area (Å²) in [7, 11) is 0. The van der Waals surface area contributed by atoms with Crippen LogP contribution in [0.15, 0.2) is 53.3 Å². The summed E-state index contributed by atoms with van der Waals surface area (Å²) in [5, 5.41) is 6.86. The number of imidazole rings is 1. The molecule has 0 saturated heterocycles. The molecule has 3 heterocycles. The Balaban J connectivity index is 1.43. The Labute approximate surface area is 159 Å². The number of halogens is 1. The molecule has 3 aromatic heterocycles. The van der Waals surface area contributed by atoms with Crippen molar-refractivity contribution in [3.05, 3.63) is 65.9 Å². The molecule has 8 heteroatoms. The smallest absolute Gasteiger partial charge is 0.274 e. The maximum Gasteiger partial charge on any atom is 0.274 e. The highest BCUT2D eigenvalue weighted by Gasteiger charge is 2.43. The van der Waals surface area contributed by atoms with E-state index in [0.717, 1.165) is 5.56 Å². The molecular weight excluding hydrogens is 361 g/mol. The maximum absolute atomic E-state index is 13.2. The Kier molecular flexibility index (Phi) is 3.71. The van der Waals surface area contributed by atoms with Crippen LogP contribution in [0.5, 0.6) is 0 Å². The van der Waals surface area contributed by atoms with E-state index in [1.165, 1.54) is 0 Å². The van der Waals surface area contributed by atoms with Crippen molar-refractivity contribution in [3.63, 3.8) is 0 Å². The molecule has 0 spiro atoms. The zero-order valence-corrected chi connectivity index (χ0v) is 15.0. The first kappa shape index (κ1) is 16.6. The number of alkyl halides is 1. The lowest BCUT2D eigenvalue weighted by molar-refractivity contribution is 0.102. The third kappa shape index (κ3) is 2.83. The second kappa shape index (κ2) is 6.26. The van der Waals surface area contributed by atoms with Crippen LogP contribution in [0.2, 0.25) is 0 Å². The minimum absolute atomic E-state index is 0.272. The number of amides is 1. The number of fused-ring (bicyclic) bond motifs is 1. The van der Waals surface area contributed by atoms with Crippen LogP contribution < -0.4 is 5.32 Å². The van der Waals surface area contributed by atoms with Crippen molar-refractivity contribution in [1.82, 2.24) is 19.5 Å². The van der Waals surface area contributed by atoms with Gasteiger partial charge in [0.2, 0.25) is 11.7 Å². The molecule has 1 aliphatic rings. The van der Waals surface area contributed by atoms with Gasteiger partial charge < -0.3 is 9.84 Å². The number of nitrogens with one attached hydrogen (secondary N) is 1. The Morgan fingerprint density at radius 1 is 1.32 bits per heavy atom. The standard InChI is InChI=1S/C20H16FN5O2/c1-11-5-6-12(18-24-20(28-25-18)13-9-14(13)21)8-15(11)23-19(27)16-10-22-17-4-2-3-7-26(16)17/h2-8,10,13-14H,9H2,1H3,(H,23,27). The van der Waals surface area contributed by atoms with Crippen LogP contribution in [0.3, 0.4) is 0 Å². The monoisotopic (exact) mass is 377 g/mol. The van der Waals surface area contributed by atoms with Gasteiger partial charge in [0.1, 0.15) is 17.5 Å². The van der Waals surface area contributed by atoms with Crippen LogP contribution in [0.25, 0.3) is 17.0 Å². The van der Waals surface area contributed by atoms with E-state index >= 15 is 0 Å². The topological polar surface area (TPSA) is 85.3 Å². The Hall–Kier alpha value is -3.55. The summed E-state index contributed by atoms with van der Waals surface area (Å²) in [5.41, 5.74) is 3.34. The molecule has 2 unspecified atom stereocenters. The van der Waals surface area contributed by atoms with Gasteiger partial charge >= 0.3 is 0 Å². The average Bonchev–Trinajstić information content (AvgIpc) is 3.12. The number of carbonyl (C=O) groups excluding carboxylic acids is 1. The van der Waals surface area contributed by atoms with Gasteiger partial charge in [-0.1, -0.05) is 23.4 Å². The van der Waals surface area contributed by atoms with Gasteiger partial charge in [-0.3, -0.25) is 9.20 Å². The van der Waals surface area contributed by atoms with Crippen molar-refractivity contribution in [2.75, 3.05) is 5.32 Å². The molecule has 7 nitrogen and oxygen atoms in total. The molecule has 0 aliphatic heterocycles. The predicted molar refractivity (Wildman–Crippen MR) is 99.9 cm³/mol. The number of aromatic nitrogens is 4. The molecule has 2 atom stereocenters. The van der Waals surface area contributed by atoms with Gasteiger partial charge in [-0.05, 0) is 37.1 Å². The van der Waals surface area contributed by atoms with E-state index < -0.39 is 6.17 Å². The largest absolute Gasteiger partial charge is 0.339 e. The molecule has 5 rings (SSSR count). The Morgan fingerprint density at radius 2 is 2.18 bits per heavy atom. The minimum Gasteiger partial charge on any atom is -0.339 e. The van der Waals surface area contributed by atoms with Gasteiger partial charge in [0.15, 0.2) is 0 Å². The van der Waals surface area contributed by atoms with Gasteiger partial charge in [-0.25, -0.2) is 9.37 Å². The second-order valence-corrected chi connectivity index (χ2v) is 6.87. The van der Waals surface area contributed by atoms with Crippen LogP contribution in [0.4, 0.5) is 10.1 Å². The fourth-order valence-electron chi connectivity index (χ4n) is 3.11. The maximum atomic E-state index is 13.2. The van der Waals surface area contributed by atoms with Crippen LogP contribution in [0.1, 0.15) is 34.3 Å². The van der Waals surface area contributed by atoms with Crippen LogP contribution in [-0.2, 0) is 0 Å². The molecule has 1 saturated carbocycles. The molecular formula is C20H16FN5O2. The van der Waals surface area contributed by atoms with Crippen molar-refractivity contribution in [1.29, 1.82) is 0 Å². The van der Waals surface area contributed by atoms with Crippen molar-refractivity contribution < 1.29 is 13.7 Å². The third-order valence-electron chi connectivity index (χ3n) is 4.87. The molecule has 1 aromatic carbocycles. The Morgan fingerprint density at radius 3 is 3.00 bits per heavy atom. The molecule has 1 N–H and O–H groups in total. The van der Waals surface area contributed by atoms with E-state index in [0.29, 0.717) is 40.7 Å². The molecule has 4 aromatic rings. The summed E-state index contributed by atoms with van der Waals surface area (Å²) in [6.07, 6.45) is 2.86. The molecule has 1 fully saturated rings. The van der Waals surface area contributed by atoms with Crippen molar-refractivity contribution >= 4 is 17.2 Å². The van der Waals surface area contributed by atoms with E-state index in [1.807, 2.05) is 37.3 Å². The summed E-state index contributed by atoms with van der Waals surface area (Å²) in [6.45, 7) is 1.90. The highest BCUT2D eigenvalue weighted by atomic mass is 19.1. The lowest BCUT2D eigenvalue weighted by atomic mass is 10.1. The molecule has 28 heavy (non-hydrogen) atoms. The van der Waals surface area contributed by atoms with E-state index in [-0.39, 0.29) is 11.8 Å². The lowest BCUT2D eigenvalue weighted by Crippen LogP contribution is -2.15. The van der Waals surface area contributed by atoms with Crippen LogP contribution in [-0.4, -0.2) is 31.6 Å². The normalized spacial score (nSPS) is 18.4. The predicted octanol–water partition coefficient (Wildman–Crippen LogP) is 3.77. The quantitative estimate of drug-likeness (QED) is 0.585. The van der Waals surface area contributed by atoms with Crippen molar-refractivity contribution in [2.24, 2.45) is 0 Å². The SMILES string of the molecule is Cc1ccc(-c2noc(C3CC3F)n2)cc1NC(=O)c1cnc2ccccn12. The first-order valence-electron chi connectivity index (χ1n) is 8.92. The summed E-state index contributed by atoms with van der Waals surface area (Å²) < 4.78 is 20.1. The van der Waals surface area contributed by atoms with E-state index in [4.69, 9.17) is 4.52 Å². The van der Waals surface area contributed by atoms with E-state index in [9.17, 15) is 9.18 Å². The zero-order valence-electron chi connectivity index (χ0n) is 15.0. The van der Waals surface area contributed by atoms with E-state index in [2.05, 4.69) is 20.4 Å². The number of hydrogen-bond acceptors (Lipinski definition) is 5. The summed E-state index contributed by atoms with van der Waals surface area (Å²) >= 11 is 0. The lowest BCUT2D eigenvalue weighted by Gasteiger charge is -2.09. The van der Waals surface area contributed by atoms with Gasteiger partial charge in [0, 0.05) is 17.4 Å². The van der Waals surface area contributed by atoms with E-state index in [1.54, 1.807) is 22.9 Å². The summed E-state index contributed by atoms with van der Waals surface area (Å²) in [6, 6.07) is 11.0. The fraction of sp³-hybridized carbons (Fsp3) is 0.200. The highest BCUT2D eigenvalue weighted by Crippen LogP contribution is 2.43. The zero-order chi connectivity index (χ0) is 19.3. The second-order valence-electron chi connectivity index (χ2n) is 6.87. The number of carbonyl (C=O) groups is 1. The van der Waals surface area contributed by atoms with Crippen LogP contribution in [0, 0.1) is 6.92 Å². The fourth-order valence-corrected chi connectivity index (χ4v) is 3.11. The first-order valence-corrected chi connectivity index (χ1v) is 8.92. The summed E-state index contributed by atoms with van der Waals surface area (Å²) in [4.78, 5) is 21.3. The number of benzene rings is 1. The third-order valence-corrected chi connectivity index (χ3v) is 4.87. The highest BCUT2D eigenvalue weighted by molar-refractivity contribution is 6.04. The number of anilines is 1. The molecule has 1 aliphatic carbocycles. The van der Waals surface area contributed by atoms with Gasteiger partial charge in [0.25, 0.3) is 5.91 Å². The van der Waals surface area contributed by atoms with Gasteiger partial charge in [-0.2, -0.15) is 4.98 Å². The number of hydrogen-bond donors (Lipinski definition) is 1. The summed E-state index contributed by atoms with van der Waals surface area (Å²) in [5.74, 6) is 0.130. The van der Waals surface area contributed by atoms with Crippen molar-refractivity contribution in [2.45, 2.75) is 25.4 Å². The number of nitrogens with zero attached hydrogens (tertiary/aromatic N) is 4. The van der Waals surface area contributed by atoms with Crippen LogP contribution >= 0.6 is 0 Å². The molecule has 140 valence electrons. The average molecular weight is 377 g/mol. The minimum atomic E-state index is -0.897. The molecule has 0 radical (unpaired) electrons. The van der Waals surface area contributed by atoms with Gasteiger partial charge in [0.05, 0.1) is 12.1 Å². The number of pyridine rings is 1. The molecule has 1 amide bonds. The van der Waals surface area contributed by atoms with Crippen molar-refractivity contribution in [3.8, 4) is 11.4 Å². The van der Waals surface area contributed by atoms with Gasteiger partial charge in [-0.15, -0.1) is 0 Å². The molecule has 0 bridgehead atoms. The number of rotatable bonds is 4. The Bertz CT molecular complexity index is 1200.